The molecule has 7 nitrogen and oxygen atoms in total. The number of fused-ring (bicyclic) bond motifs is 1. The second-order valence-electron chi connectivity index (χ2n) is 6.57. The summed E-state index contributed by atoms with van der Waals surface area (Å²) in [5.41, 5.74) is -0.0722. The maximum atomic E-state index is 12.7. The average Bonchev–Trinajstić information content (AvgIpc) is 3.13. The molecule has 3 saturated heterocycles. The molecule has 3 aliphatic heterocycles. The molecule has 3 heterocycles. The maximum absolute atomic E-state index is 12.7. The van der Waals surface area contributed by atoms with Crippen LogP contribution in [0.2, 0.25) is 0 Å². The highest BCUT2D eigenvalue weighted by atomic mass is 19.4. The number of rotatable bonds is 4. The van der Waals surface area contributed by atoms with Crippen molar-refractivity contribution in [3.63, 3.8) is 0 Å². The van der Waals surface area contributed by atoms with E-state index in [-0.39, 0.29) is 5.57 Å². The van der Waals surface area contributed by atoms with Gasteiger partial charge in [-0.25, -0.2) is 4.79 Å². The van der Waals surface area contributed by atoms with Gasteiger partial charge in [0.15, 0.2) is 12.2 Å². The van der Waals surface area contributed by atoms with Crippen LogP contribution >= 0.6 is 0 Å². The SMILES string of the molecule is C=C(C)C(=O)OC1C2OC(=O)C3C2OC1C3C(=O)OC(C(F)(F)F)C(F)(F)F. The molecule has 0 aromatic heterocycles. The van der Waals surface area contributed by atoms with Gasteiger partial charge in [-0.15, -0.1) is 0 Å². The van der Waals surface area contributed by atoms with Crippen molar-refractivity contribution in [2.45, 2.75) is 49.8 Å². The fourth-order valence-corrected chi connectivity index (χ4v) is 3.48. The highest BCUT2D eigenvalue weighted by Crippen LogP contribution is 2.52. The Morgan fingerprint density at radius 1 is 1.07 bits per heavy atom. The van der Waals surface area contributed by atoms with E-state index in [9.17, 15) is 40.7 Å². The summed E-state index contributed by atoms with van der Waals surface area (Å²) in [5, 5.41) is 0. The zero-order chi connectivity index (χ0) is 21.2. The summed E-state index contributed by atoms with van der Waals surface area (Å²) < 4.78 is 94.8. The zero-order valence-corrected chi connectivity index (χ0v) is 13.9. The fraction of sp³-hybridized carbons (Fsp3) is 0.667. The van der Waals surface area contributed by atoms with Crippen LogP contribution in [-0.4, -0.2) is 60.8 Å². The molecule has 0 aliphatic carbocycles. The smallest absolute Gasteiger partial charge is 0.434 e. The Bertz CT molecular complexity index is 715. The molecule has 0 radical (unpaired) electrons. The lowest BCUT2D eigenvalue weighted by atomic mass is 9.78. The second kappa shape index (κ2) is 6.36. The topological polar surface area (TPSA) is 88.1 Å². The van der Waals surface area contributed by atoms with E-state index in [2.05, 4.69) is 11.3 Å². The summed E-state index contributed by atoms with van der Waals surface area (Å²) in [4.78, 5) is 35.8. The second-order valence-corrected chi connectivity index (χ2v) is 6.57. The van der Waals surface area contributed by atoms with Gasteiger partial charge in [-0.05, 0) is 6.92 Å². The first-order valence-corrected chi connectivity index (χ1v) is 7.80. The molecule has 0 aromatic rings. The molecule has 0 N–H and O–H groups in total. The molecule has 3 aliphatic rings. The van der Waals surface area contributed by atoms with E-state index in [1.807, 2.05) is 0 Å². The normalized spacial score (nSPS) is 33.8. The summed E-state index contributed by atoms with van der Waals surface area (Å²) in [5.74, 6) is -7.29. The summed E-state index contributed by atoms with van der Waals surface area (Å²) in [7, 11) is 0. The minimum Gasteiger partial charge on any atom is -0.455 e. The molecule has 156 valence electrons. The summed E-state index contributed by atoms with van der Waals surface area (Å²) >= 11 is 0. The molecule has 6 atom stereocenters. The molecule has 3 fully saturated rings. The highest BCUT2D eigenvalue weighted by Gasteiger charge is 2.73. The molecule has 6 unspecified atom stereocenters. The highest BCUT2D eigenvalue weighted by molar-refractivity contribution is 5.89. The van der Waals surface area contributed by atoms with Crippen molar-refractivity contribution in [2.24, 2.45) is 11.8 Å². The monoisotopic (exact) mass is 418 g/mol. The van der Waals surface area contributed by atoms with Crippen LogP contribution in [0.15, 0.2) is 12.2 Å². The first-order valence-electron chi connectivity index (χ1n) is 7.80. The number of hydrogen-bond acceptors (Lipinski definition) is 7. The van der Waals surface area contributed by atoms with Gasteiger partial charge in [0.1, 0.15) is 24.0 Å². The standard InChI is InChI=1S/C15H12F6O7/c1-3(2)10(22)26-8-7-5(4-6(25-7)9(8)27-11(4)23)12(24)28-13(14(16,17)18)15(19,20)21/h4-9,13H,1H2,2H3. The first-order chi connectivity index (χ1) is 12.7. The molecule has 0 spiro atoms. The number of esters is 3. The van der Waals surface area contributed by atoms with E-state index in [1.165, 1.54) is 6.92 Å². The van der Waals surface area contributed by atoms with Crippen molar-refractivity contribution in [2.75, 3.05) is 0 Å². The van der Waals surface area contributed by atoms with Gasteiger partial charge in [0, 0.05) is 5.57 Å². The predicted molar refractivity (Wildman–Crippen MR) is 72.2 cm³/mol. The Morgan fingerprint density at radius 2 is 1.64 bits per heavy atom. The van der Waals surface area contributed by atoms with E-state index in [4.69, 9.17) is 14.2 Å². The van der Waals surface area contributed by atoms with Crippen molar-refractivity contribution >= 4 is 17.9 Å². The number of carbonyl (C=O) groups is 3. The molecule has 0 saturated carbocycles. The maximum Gasteiger partial charge on any atom is 0.434 e. The van der Waals surface area contributed by atoms with E-state index >= 15 is 0 Å². The van der Waals surface area contributed by atoms with Crippen LogP contribution in [0.5, 0.6) is 0 Å². The third-order valence-corrected chi connectivity index (χ3v) is 4.60. The van der Waals surface area contributed by atoms with Crippen LogP contribution in [-0.2, 0) is 33.3 Å². The Hall–Kier alpha value is -2.31. The lowest BCUT2D eigenvalue weighted by Gasteiger charge is -2.29. The number of alkyl halides is 6. The van der Waals surface area contributed by atoms with Crippen molar-refractivity contribution in [3.8, 4) is 0 Å². The molecule has 2 bridgehead atoms. The largest absolute Gasteiger partial charge is 0.455 e. The lowest BCUT2D eigenvalue weighted by molar-refractivity contribution is -0.314. The van der Waals surface area contributed by atoms with Crippen LogP contribution in [0.4, 0.5) is 26.3 Å². The van der Waals surface area contributed by atoms with Crippen LogP contribution in [0, 0.1) is 11.8 Å². The van der Waals surface area contributed by atoms with Crippen LogP contribution in [0.1, 0.15) is 6.92 Å². The Morgan fingerprint density at radius 3 is 2.14 bits per heavy atom. The van der Waals surface area contributed by atoms with E-state index in [1.54, 1.807) is 0 Å². The van der Waals surface area contributed by atoms with Crippen LogP contribution in [0.25, 0.3) is 0 Å². The van der Waals surface area contributed by atoms with Gasteiger partial charge in [-0.2, -0.15) is 26.3 Å². The van der Waals surface area contributed by atoms with Crippen LogP contribution < -0.4 is 0 Å². The number of hydrogen-bond donors (Lipinski definition) is 0. The molecule has 0 amide bonds. The number of halogens is 6. The van der Waals surface area contributed by atoms with Gasteiger partial charge >= 0.3 is 30.3 Å². The number of ether oxygens (including phenoxy) is 4. The number of carbonyl (C=O) groups excluding carboxylic acids is 3. The van der Waals surface area contributed by atoms with Crippen molar-refractivity contribution in [1.29, 1.82) is 0 Å². The van der Waals surface area contributed by atoms with Crippen LogP contribution in [0.3, 0.4) is 0 Å². The van der Waals surface area contributed by atoms with E-state index in [0.29, 0.717) is 0 Å². The van der Waals surface area contributed by atoms with Gasteiger partial charge < -0.3 is 18.9 Å². The molecule has 13 heteroatoms. The van der Waals surface area contributed by atoms with Crippen molar-refractivity contribution in [1.82, 2.24) is 0 Å². The minimum absolute atomic E-state index is 0.0722. The Labute approximate surface area is 152 Å². The third kappa shape index (κ3) is 3.20. The van der Waals surface area contributed by atoms with Crippen molar-refractivity contribution in [3.05, 3.63) is 12.2 Å². The molecule has 3 rings (SSSR count). The minimum atomic E-state index is -5.92. The lowest BCUT2D eigenvalue weighted by Crippen LogP contribution is -2.51. The van der Waals surface area contributed by atoms with Gasteiger partial charge in [0.2, 0.25) is 0 Å². The third-order valence-electron chi connectivity index (χ3n) is 4.60. The Balaban J connectivity index is 1.85. The summed E-state index contributed by atoms with van der Waals surface area (Å²) in [6, 6.07) is 0. The quantitative estimate of drug-likeness (QED) is 0.296. The van der Waals surface area contributed by atoms with Gasteiger partial charge in [-0.3, -0.25) is 9.59 Å². The molecule has 0 aromatic carbocycles. The Kier molecular flexibility index (Phi) is 4.64. The van der Waals surface area contributed by atoms with E-state index in [0.717, 1.165) is 0 Å². The van der Waals surface area contributed by atoms with Gasteiger partial charge in [-0.1, -0.05) is 6.58 Å². The van der Waals surface area contributed by atoms with E-state index < -0.39 is 72.6 Å². The zero-order valence-electron chi connectivity index (χ0n) is 13.9. The molecular weight excluding hydrogens is 406 g/mol. The van der Waals surface area contributed by atoms with Crippen molar-refractivity contribution < 1.29 is 59.7 Å². The molecular formula is C15H12F6O7. The summed E-state index contributed by atoms with van der Waals surface area (Å²) in [6.45, 7) is 4.60. The first kappa shape index (κ1) is 20.4. The molecule has 28 heavy (non-hydrogen) atoms. The predicted octanol–water partition coefficient (Wildman–Crippen LogP) is 1.45. The average molecular weight is 418 g/mol. The fourth-order valence-electron chi connectivity index (χ4n) is 3.48. The van der Waals surface area contributed by atoms with Gasteiger partial charge in [0.25, 0.3) is 6.10 Å². The summed E-state index contributed by atoms with van der Waals surface area (Å²) in [6.07, 6.45) is -21.4. The van der Waals surface area contributed by atoms with Gasteiger partial charge in [0.05, 0.1) is 0 Å².